The standard InChI is InChI=1S/C20H23NO4/c1-15(17-8-10-18(25-2)11-9-17)20(24)21(14-19(22)23)13-12-16-6-4-3-5-7-16/h3-11,15H,12-14H2,1-2H3,(H,22,23). The van der Waals surface area contributed by atoms with E-state index in [4.69, 9.17) is 9.84 Å². The van der Waals surface area contributed by atoms with Gasteiger partial charge in [-0.25, -0.2) is 0 Å². The van der Waals surface area contributed by atoms with E-state index in [-0.39, 0.29) is 12.5 Å². The summed E-state index contributed by atoms with van der Waals surface area (Å²) in [7, 11) is 1.59. The number of carbonyl (C=O) groups excluding carboxylic acids is 1. The van der Waals surface area contributed by atoms with E-state index in [9.17, 15) is 9.59 Å². The molecule has 0 aromatic heterocycles. The summed E-state index contributed by atoms with van der Waals surface area (Å²) in [6, 6.07) is 17.0. The maximum atomic E-state index is 12.8. The van der Waals surface area contributed by atoms with Crippen LogP contribution in [0.4, 0.5) is 0 Å². The Kier molecular flexibility index (Phi) is 6.57. The molecule has 2 aromatic rings. The van der Waals surface area contributed by atoms with Gasteiger partial charge in [0.25, 0.3) is 0 Å². The van der Waals surface area contributed by atoms with Crippen LogP contribution in [0.3, 0.4) is 0 Å². The molecule has 1 unspecified atom stereocenters. The van der Waals surface area contributed by atoms with Gasteiger partial charge in [-0.1, -0.05) is 42.5 Å². The van der Waals surface area contributed by atoms with Crippen LogP contribution in [-0.4, -0.2) is 42.1 Å². The summed E-state index contributed by atoms with van der Waals surface area (Å²) in [5.74, 6) is -0.900. The molecule has 0 radical (unpaired) electrons. The molecule has 1 amide bonds. The van der Waals surface area contributed by atoms with Gasteiger partial charge < -0.3 is 14.7 Å². The number of benzene rings is 2. The monoisotopic (exact) mass is 341 g/mol. The summed E-state index contributed by atoms with van der Waals surface area (Å²) < 4.78 is 5.12. The summed E-state index contributed by atoms with van der Waals surface area (Å²) in [6.07, 6.45) is 0.620. The zero-order chi connectivity index (χ0) is 18.2. The minimum absolute atomic E-state index is 0.191. The molecular formula is C20H23NO4. The fourth-order valence-electron chi connectivity index (χ4n) is 2.65. The third kappa shape index (κ3) is 5.35. The average molecular weight is 341 g/mol. The molecule has 0 bridgehead atoms. The Labute approximate surface area is 147 Å². The summed E-state index contributed by atoms with van der Waals surface area (Å²) in [4.78, 5) is 25.4. The molecule has 1 atom stereocenters. The van der Waals surface area contributed by atoms with Crippen molar-refractivity contribution >= 4 is 11.9 Å². The molecule has 5 nitrogen and oxygen atoms in total. The lowest BCUT2D eigenvalue weighted by molar-refractivity contribution is -0.144. The Morgan fingerprint density at radius 1 is 1.08 bits per heavy atom. The molecule has 0 saturated carbocycles. The molecule has 0 fully saturated rings. The maximum absolute atomic E-state index is 12.8. The number of amides is 1. The summed E-state index contributed by atoms with van der Waals surface area (Å²) >= 11 is 0. The molecule has 0 spiro atoms. The van der Waals surface area contributed by atoms with E-state index >= 15 is 0 Å². The molecule has 1 N–H and O–H groups in total. The normalized spacial score (nSPS) is 11.6. The first-order valence-corrected chi connectivity index (χ1v) is 8.19. The predicted octanol–water partition coefficient (Wildman–Crippen LogP) is 2.95. The topological polar surface area (TPSA) is 66.8 Å². The second-order valence-corrected chi connectivity index (χ2v) is 5.88. The van der Waals surface area contributed by atoms with Crippen LogP contribution in [0.2, 0.25) is 0 Å². The summed E-state index contributed by atoms with van der Waals surface area (Å²) in [5, 5.41) is 9.14. The SMILES string of the molecule is COc1ccc(C(C)C(=O)N(CCc2ccccc2)CC(=O)O)cc1. The van der Waals surface area contributed by atoms with Crippen molar-refractivity contribution in [1.29, 1.82) is 0 Å². The van der Waals surface area contributed by atoms with Crippen LogP contribution in [0.25, 0.3) is 0 Å². The fraction of sp³-hybridized carbons (Fsp3) is 0.300. The Hall–Kier alpha value is -2.82. The molecule has 2 aromatic carbocycles. The van der Waals surface area contributed by atoms with Crippen LogP contribution in [0.1, 0.15) is 24.0 Å². The molecule has 2 rings (SSSR count). The number of nitrogens with zero attached hydrogens (tertiary/aromatic N) is 1. The van der Waals surface area contributed by atoms with E-state index in [1.54, 1.807) is 26.2 Å². The van der Waals surface area contributed by atoms with Crippen molar-refractivity contribution in [2.24, 2.45) is 0 Å². The van der Waals surface area contributed by atoms with Crippen molar-refractivity contribution in [2.75, 3.05) is 20.2 Å². The lowest BCUT2D eigenvalue weighted by Gasteiger charge is -2.24. The molecule has 5 heteroatoms. The minimum Gasteiger partial charge on any atom is -0.497 e. The maximum Gasteiger partial charge on any atom is 0.323 e. The largest absolute Gasteiger partial charge is 0.497 e. The highest BCUT2D eigenvalue weighted by Gasteiger charge is 2.23. The molecule has 0 saturated heterocycles. The molecule has 0 aliphatic carbocycles. The van der Waals surface area contributed by atoms with Gasteiger partial charge in [0, 0.05) is 6.54 Å². The molecular weight excluding hydrogens is 318 g/mol. The van der Waals surface area contributed by atoms with Crippen molar-refractivity contribution < 1.29 is 19.4 Å². The van der Waals surface area contributed by atoms with Gasteiger partial charge >= 0.3 is 5.97 Å². The van der Waals surface area contributed by atoms with Crippen molar-refractivity contribution in [1.82, 2.24) is 4.90 Å². The highest BCUT2D eigenvalue weighted by Crippen LogP contribution is 2.21. The Morgan fingerprint density at radius 3 is 2.28 bits per heavy atom. The van der Waals surface area contributed by atoms with Crippen LogP contribution in [0.5, 0.6) is 5.75 Å². The number of hydrogen-bond acceptors (Lipinski definition) is 3. The van der Waals surface area contributed by atoms with Gasteiger partial charge in [-0.3, -0.25) is 9.59 Å². The number of carboxylic acids is 1. The minimum atomic E-state index is -1.01. The van der Waals surface area contributed by atoms with Crippen molar-refractivity contribution in [3.63, 3.8) is 0 Å². The molecule has 132 valence electrons. The number of rotatable bonds is 8. The first-order valence-electron chi connectivity index (χ1n) is 8.19. The highest BCUT2D eigenvalue weighted by molar-refractivity contribution is 5.86. The first kappa shape index (κ1) is 18.5. The molecule has 0 aliphatic heterocycles. The number of methoxy groups -OCH3 is 1. The smallest absolute Gasteiger partial charge is 0.323 e. The molecule has 25 heavy (non-hydrogen) atoms. The molecule has 0 heterocycles. The van der Waals surface area contributed by atoms with Crippen molar-refractivity contribution in [3.05, 3.63) is 65.7 Å². The Morgan fingerprint density at radius 2 is 1.72 bits per heavy atom. The number of hydrogen-bond donors (Lipinski definition) is 1. The zero-order valence-corrected chi connectivity index (χ0v) is 14.5. The third-order valence-electron chi connectivity index (χ3n) is 4.14. The Balaban J connectivity index is 2.08. The molecule has 0 aliphatic rings. The van der Waals surface area contributed by atoms with Crippen LogP contribution in [0, 0.1) is 0 Å². The van der Waals surface area contributed by atoms with E-state index in [1.807, 2.05) is 42.5 Å². The van der Waals surface area contributed by atoms with Crippen LogP contribution >= 0.6 is 0 Å². The van der Waals surface area contributed by atoms with Crippen LogP contribution in [0.15, 0.2) is 54.6 Å². The van der Waals surface area contributed by atoms with E-state index in [0.29, 0.717) is 13.0 Å². The lowest BCUT2D eigenvalue weighted by Crippen LogP contribution is -2.39. The number of aliphatic carboxylic acids is 1. The van der Waals surface area contributed by atoms with Gasteiger partial charge in [0.15, 0.2) is 0 Å². The van der Waals surface area contributed by atoms with Gasteiger partial charge in [0.2, 0.25) is 5.91 Å². The second kappa shape index (κ2) is 8.87. The van der Waals surface area contributed by atoms with Crippen molar-refractivity contribution in [2.45, 2.75) is 19.3 Å². The summed E-state index contributed by atoms with van der Waals surface area (Å²) in [6.45, 7) is 1.86. The highest BCUT2D eigenvalue weighted by atomic mass is 16.5. The average Bonchev–Trinajstić information content (AvgIpc) is 2.64. The first-order chi connectivity index (χ1) is 12.0. The van der Waals surface area contributed by atoms with Gasteiger partial charge in [-0.15, -0.1) is 0 Å². The van der Waals surface area contributed by atoms with Crippen LogP contribution in [-0.2, 0) is 16.0 Å². The summed E-state index contributed by atoms with van der Waals surface area (Å²) in [5.41, 5.74) is 1.91. The second-order valence-electron chi connectivity index (χ2n) is 5.88. The van der Waals surface area contributed by atoms with E-state index in [1.165, 1.54) is 4.90 Å². The van der Waals surface area contributed by atoms with Gasteiger partial charge in [0.1, 0.15) is 12.3 Å². The predicted molar refractivity (Wildman–Crippen MR) is 95.8 cm³/mol. The number of carboxylic acid groups (broad SMARTS) is 1. The van der Waals surface area contributed by atoms with E-state index < -0.39 is 11.9 Å². The Bertz CT molecular complexity index is 697. The quantitative estimate of drug-likeness (QED) is 0.802. The number of ether oxygens (including phenoxy) is 1. The number of carbonyl (C=O) groups is 2. The van der Waals surface area contributed by atoms with Crippen LogP contribution < -0.4 is 4.74 Å². The lowest BCUT2D eigenvalue weighted by atomic mass is 9.99. The van der Waals surface area contributed by atoms with Gasteiger partial charge in [0.05, 0.1) is 13.0 Å². The van der Waals surface area contributed by atoms with Crippen molar-refractivity contribution in [3.8, 4) is 5.75 Å². The zero-order valence-electron chi connectivity index (χ0n) is 14.5. The van der Waals surface area contributed by atoms with Gasteiger partial charge in [-0.2, -0.15) is 0 Å². The van der Waals surface area contributed by atoms with E-state index in [2.05, 4.69) is 0 Å². The van der Waals surface area contributed by atoms with Gasteiger partial charge in [-0.05, 0) is 36.6 Å². The fourth-order valence-corrected chi connectivity index (χ4v) is 2.65. The van der Waals surface area contributed by atoms with E-state index in [0.717, 1.165) is 16.9 Å². The third-order valence-corrected chi connectivity index (χ3v) is 4.14.